The fourth-order valence-electron chi connectivity index (χ4n) is 3.82. The van der Waals surface area contributed by atoms with E-state index in [-0.39, 0.29) is 17.8 Å². The van der Waals surface area contributed by atoms with E-state index in [0.29, 0.717) is 24.2 Å². The van der Waals surface area contributed by atoms with Gasteiger partial charge in [-0.3, -0.25) is 4.79 Å². The van der Waals surface area contributed by atoms with Gasteiger partial charge in [0, 0.05) is 24.7 Å². The molecule has 0 unspecified atom stereocenters. The van der Waals surface area contributed by atoms with Crippen molar-refractivity contribution >= 4 is 5.91 Å². The molecule has 3 aromatic rings. The van der Waals surface area contributed by atoms with Crippen LogP contribution in [0, 0.1) is 19.7 Å². The molecule has 3 aromatic carbocycles. The maximum absolute atomic E-state index is 14.3. The standard InChI is InChI=1S/C25H25FN2O/c1-16-3-6-18(7-4-16)22-10-9-20(25(29)28-12-11-21(27)15-28)13-23(22)19-8-5-17(2)24(26)14-19/h3-10,13-14,21H,11-12,15,27H2,1-2H3/t21-/m0/s1. The van der Waals surface area contributed by atoms with Gasteiger partial charge in [-0.25, -0.2) is 4.39 Å². The number of nitrogens with two attached hydrogens (primary N) is 1. The number of benzene rings is 3. The van der Waals surface area contributed by atoms with E-state index in [1.54, 1.807) is 24.0 Å². The summed E-state index contributed by atoms with van der Waals surface area (Å²) in [6, 6.07) is 19.2. The average Bonchev–Trinajstić information content (AvgIpc) is 3.16. The fraction of sp³-hybridized carbons (Fsp3) is 0.240. The van der Waals surface area contributed by atoms with Crippen LogP contribution in [0.2, 0.25) is 0 Å². The molecule has 2 N–H and O–H groups in total. The van der Waals surface area contributed by atoms with Crippen molar-refractivity contribution in [2.24, 2.45) is 5.73 Å². The number of aryl methyl sites for hydroxylation is 2. The van der Waals surface area contributed by atoms with Gasteiger partial charge in [-0.15, -0.1) is 0 Å². The molecule has 4 rings (SSSR count). The summed E-state index contributed by atoms with van der Waals surface area (Å²) in [5, 5.41) is 0. The van der Waals surface area contributed by atoms with Gasteiger partial charge in [-0.2, -0.15) is 0 Å². The lowest BCUT2D eigenvalue weighted by atomic mass is 9.91. The van der Waals surface area contributed by atoms with Gasteiger partial charge < -0.3 is 10.6 Å². The Morgan fingerprint density at radius 2 is 1.69 bits per heavy atom. The molecule has 0 aromatic heterocycles. The summed E-state index contributed by atoms with van der Waals surface area (Å²) < 4.78 is 14.3. The highest BCUT2D eigenvalue weighted by Gasteiger charge is 2.25. The highest BCUT2D eigenvalue weighted by Crippen LogP contribution is 2.34. The maximum atomic E-state index is 14.3. The Kier molecular flexibility index (Phi) is 5.20. The average molecular weight is 388 g/mol. The summed E-state index contributed by atoms with van der Waals surface area (Å²) in [5.74, 6) is -0.276. The second kappa shape index (κ2) is 7.80. The first-order valence-electron chi connectivity index (χ1n) is 9.95. The van der Waals surface area contributed by atoms with Crippen LogP contribution in [0.15, 0.2) is 60.7 Å². The molecular weight excluding hydrogens is 363 g/mol. The highest BCUT2D eigenvalue weighted by atomic mass is 19.1. The Morgan fingerprint density at radius 3 is 2.34 bits per heavy atom. The van der Waals surface area contributed by atoms with E-state index in [0.717, 1.165) is 28.7 Å². The first kappa shape index (κ1) is 19.3. The van der Waals surface area contributed by atoms with Gasteiger partial charge in [-0.05, 0) is 66.3 Å². The van der Waals surface area contributed by atoms with Crippen molar-refractivity contribution in [1.29, 1.82) is 0 Å². The van der Waals surface area contributed by atoms with Crippen LogP contribution in [0.1, 0.15) is 27.9 Å². The van der Waals surface area contributed by atoms with Gasteiger partial charge in [0.25, 0.3) is 5.91 Å². The number of halogens is 1. The van der Waals surface area contributed by atoms with Gasteiger partial charge in [0.05, 0.1) is 0 Å². The van der Waals surface area contributed by atoms with E-state index in [2.05, 4.69) is 24.3 Å². The fourth-order valence-corrected chi connectivity index (χ4v) is 3.82. The van der Waals surface area contributed by atoms with E-state index >= 15 is 0 Å². The third kappa shape index (κ3) is 3.94. The minimum absolute atomic E-state index is 0.0257. The van der Waals surface area contributed by atoms with Gasteiger partial charge in [-0.1, -0.05) is 48.0 Å². The third-order valence-corrected chi connectivity index (χ3v) is 5.62. The lowest BCUT2D eigenvalue weighted by molar-refractivity contribution is 0.0791. The Labute approximate surface area is 171 Å². The number of likely N-dealkylation sites (tertiary alicyclic amines) is 1. The van der Waals surface area contributed by atoms with Crippen LogP contribution in [-0.4, -0.2) is 29.9 Å². The Morgan fingerprint density at radius 1 is 0.966 bits per heavy atom. The van der Waals surface area contributed by atoms with E-state index < -0.39 is 0 Å². The van der Waals surface area contributed by atoms with Crippen LogP contribution in [0.4, 0.5) is 4.39 Å². The minimum Gasteiger partial charge on any atom is -0.337 e. The normalized spacial score (nSPS) is 16.3. The Balaban J connectivity index is 1.82. The number of carbonyl (C=O) groups is 1. The van der Waals surface area contributed by atoms with Crippen LogP contribution in [0.25, 0.3) is 22.3 Å². The molecule has 1 fully saturated rings. The van der Waals surface area contributed by atoms with Crippen molar-refractivity contribution in [3.8, 4) is 22.3 Å². The maximum Gasteiger partial charge on any atom is 0.253 e. The third-order valence-electron chi connectivity index (χ3n) is 5.62. The molecule has 148 valence electrons. The molecule has 1 aliphatic rings. The zero-order chi connectivity index (χ0) is 20.5. The largest absolute Gasteiger partial charge is 0.337 e. The summed E-state index contributed by atoms with van der Waals surface area (Å²) in [5.41, 5.74) is 12.0. The summed E-state index contributed by atoms with van der Waals surface area (Å²) in [4.78, 5) is 14.8. The quantitative estimate of drug-likeness (QED) is 0.690. The summed E-state index contributed by atoms with van der Waals surface area (Å²) in [6.07, 6.45) is 0.823. The topological polar surface area (TPSA) is 46.3 Å². The van der Waals surface area contributed by atoms with Crippen molar-refractivity contribution in [2.75, 3.05) is 13.1 Å². The molecule has 0 aliphatic carbocycles. The predicted molar refractivity (Wildman–Crippen MR) is 115 cm³/mol. The number of amides is 1. The van der Waals surface area contributed by atoms with E-state index in [9.17, 15) is 9.18 Å². The molecule has 1 saturated heterocycles. The second-order valence-electron chi connectivity index (χ2n) is 7.89. The summed E-state index contributed by atoms with van der Waals surface area (Å²) >= 11 is 0. The van der Waals surface area contributed by atoms with Crippen molar-refractivity contribution in [3.63, 3.8) is 0 Å². The van der Waals surface area contributed by atoms with Crippen LogP contribution in [0.5, 0.6) is 0 Å². The molecule has 0 spiro atoms. The number of nitrogens with zero attached hydrogens (tertiary/aromatic N) is 1. The van der Waals surface area contributed by atoms with Crippen LogP contribution < -0.4 is 5.73 Å². The van der Waals surface area contributed by atoms with Crippen molar-refractivity contribution in [3.05, 3.63) is 83.2 Å². The number of hydrogen-bond donors (Lipinski definition) is 1. The second-order valence-corrected chi connectivity index (χ2v) is 7.89. The molecule has 29 heavy (non-hydrogen) atoms. The predicted octanol–water partition coefficient (Wildman–Crippen LogP) is 4.95. The van der Waals surface area contributed by atoms with E-state index in [1.807, 2.05) is 31.2 Å². The molecular formula is C25H25FN2O. The van der Waals surface area contributed by atoms with Crippen molar-refractivity contribution < 1.29 is 9.18 Å². The minimum atomic E-state index is -0.250. The number of hydrogen-bond acceptors (Lipinski definition) is 2. The molecule has 0 bridgehead atoms. The monoisotopic (exact) mass is 388 g/mol. The SMILES string of the molecule is Cc1ccc(-c2ccc(C(=O)N3CC[C@H](N)C3)cc2-c2ccc(C)c(F)c2)cc1. The summed E-state index contributed by atoms with van der Waals surface area (Å²) in [7, 11) is 0. The van der Waals surface area contributed by atoms with E-state index in [4.69, 9.17) is 5.73 Å². The molecule has 0 saturated carbocycles. The van der Waals surface area contributed by atoms with Gasteiger partial charge >= 0.3 is 0 Å². The first-order valence-corrected chi connectivity index (χ1v) is 9.95. The van der Waals surface area contributed by atoms with Gasteiger partial charge in [0.2, 0.25) is 0 Å². The van der Waals surface area contributed by atoms with Crippen LogP contribution >= 0.6 is 0 Å². The number of carbonyl (C=O) groups excluding carboxylic acids is 1. The molecule has 1 atom stereocenters. The highest BCUT2D eigenvalue weighted by molar-refractivity contribution is 5.98. The van der Waals surface area contributed by atoms with Crippen molar-refractivity contribution in [2.45, 2.75) is 26.3 Å². The molecule has 1 amide bonds. The van der Waals surface area contributed by atoms with E-state index in [1.165, 1.54) is 5.56 Å². The summed E-state index contributed by atoms with van der Waals surface area (Å²) in [6.45, 7) is 5.04. The first-order chi connectivity index (χ1) is 13.9. The zero-order valence-corrected chi connectivity index (χ0v) is 16.8. The molecule has 4 heteroatoms. The lowest BCUT2D eigenvalue weighted by Crippen LogP contribution is -2.31. The number of rotatable bonds is 3. The lowest BCUT2D eigenvalue weighted by Gasteiger charge is -2.18. The van der Waals surface area contributed by atoms with Crippen LogP contribution in [0.3, 0.4) is 0 Å². The molecule has 1 aliphatic heterocycles. The molecule has 0 radical (unpaired) electrons. The van der Waals surface area contributed by atoms with Gasteiger partial charge in [0.15, 0.2) is 0 Å². The Bertz CT molecular complexity index is 1060. The van der Waals surface area contributed by atoms with Gasteiger partial charge in [0.1, 0.15) is 5.82 Å². The zero-order valence-electron chi connectivity index (χ0n) is 16.8. The van der Waals surface area contributed by atoms with Crippen molar-refractivity contribution in [1.82, 2.24) is 4.90 Å². The Hall–Kier alpha value is -2.98. The smallest absolute Gasteiger partial charge is 0.253 e. The molecule has 1 heterocycles. The molecule has 3 nitrogen and oxygen atoms in total. The van der Waals surface area contributed by atoms with Crippen LogP contribution in [-0.2, 0) is 0 Å².